The zero-order chi connectivity index (χ0) is 15.2. The number of rotatable bonds is 6. The molecule has 0 amide bonds. The molecule has 0 spiro atoms. The minimum absolute atomic E-state index is 0.110. The van der Waals surface area contributed by atoms with Crippen LogP contribution in [-0.2, 0) is 6.42 Å². The monoisotopic (exact) mass is 304 g/mol. The van der Waals surface area contributed by atoms with Crippen LogP contribution >= 0.6 is 11.6 Å². The normalized spacial score (nSPS) is 12.2. The molecule has 2 aromatic rings. The number of benzene rings is 1. The van der Waals surface area contributed by atoms with Crippen LogP contribution in [0.1, 0.15) is 36.6 Å². The second-order valence-corrected chi connectivity index (χ2v) is 5.22. The third-order valence-corrected chi connectivity index (χ3v) is 3.86. The van der Waals surface area contributed by atoms with Crippen molar-refractivity contribution in [1.82, 2.24) is 10.3 Å². The first-order chi connectivity index (χ1) is 10.2. The summed E-state index contributed by atoms with van der Waals surface area (Å²) in [7, 11) is 1.64. The highest BCUT2D eigenvalue weighted by molar-refractivity contribution is 6.32. The number of aromatic nitrogens is 1. The lowest BCUT2D eigenvalue weighted by atomic mass is 9.94. The fourth-order valence-electron chi connectivity index (χ4n) is 2.48. The Hall–Kier alpha value is -1.58. The molecule has 0 aliphatic heterocycles. The van der Waals surface area contributed by atoms with Crippen molar-refractivity contribution in [3.8, 4) is 5.75 Å². The van der Waals surface area contributed by atoms with Crippen LogP contribution in [0.25, 0.3) is 0 Å². The summed E-state index contributed by atoms with van der Waals surface area (Å²) in [5, 5.41) is 4.16. The molecule has 2 rings (SSSR count). The standard InChI is InChI=1S/C17H21ClN2O/c1-4-12-11-19-9-8-14(12)17(20-5-2)13-6-7-15(18)16(10-13)21-3/h6-11,17,20H,4-5H2,1-3H3. The van der Waals surface area contributed by atoms with E-state index in [0.717, 1.165) is 18.5 Å². The summed E-state index contributed by atoms with van der Waals surface area (Å²) in [4.78, 5) is 4.23. The van der Waals surface area contributed by atoms with Gasteiger partial charge in [-0.15, -0.1) is 0 Å². The average Bonchev–Trinajstić information content (AvgIpc) is 2.53. The van der Waals surface area contributed by atoms with Crippen LogP contribution in [0.3, 0.4) is 0 Å². The smallest absolute Gasteiger partial charge is 0.137 e. The maximum absolute atomic E-state index is 6.13. The van der Waals surface area contributed by atoms with Crippen LogP contribution in [0.5, 0.6) is 5.75 Å². The first kappa shape index (κ1) is 15.8. The van der Waals surface area contributed by atoms with Gasteiger partial charge in [-0.05, 0) is 47.9 Å². The molecule has 0 saturated heterocycles. The molecule has 0 aliphatic carbocycles. The summed E-state index contributed by atoms with van der Waals surface area (Å²) >= 11 is 6.13. The Balaban J connectivity index is 2.48. The SMILES string of the molecule is CCNC(c1ccc(Cl)c(OC)c1)c1ccncc1CC. The Morgan fingerprint density at radius 2 is 2.10 bits per heavy atom. The van der Waals surface area contributed by atoms with Crippen LogP contribution in [0, 0.1) is 0 Å². The molecule has 1 atom stereocenters. The number of nitrogens with zero attached hydrogens (tertiary/aromatic N) is 1. The van der Waals surface area contributed by atoms with Crippen LogP contribution in [0.2, 0.25) is 5.02 Å². The number of ether oxygens (including phenoxy) is 1. The number of aryl methyl sites for hydroxylation is 1. The predicted octanol–water partition coefficient (Wildman–Crippen LogP) is 4.00. The number of pyridine rings is 1. The summed E-state index contributed by atoms with van der Waals surface area (Å²) in [5.74, 6) is 0.698. The van der Waals surface area contributed by atoms with Gasteiger partial charge in [0.15, 0.2) is 0 Å². The van der Waals surface area contributed by atoms with E-state index in [-0.39, 0.29) is 6.04 Å². The molecule has 112 valence electrons. The second-order valence-electron chi connectivity index (χ2n) is 4.81. The van der Waals surface area contributed by atoms with Gasteiger partial charge in [-0.1, -0.05) is 31.5 Å². The molecule has 0 radical (unpaired) electrons. The molecule has 1 heterocycles. The van der Waals surface area contributed by atoms with Crippen LogP contribution in [0.4, 0.5) is 0 Å². The molecule has 0 fully saturated rings. The quantitative estimate of drug-likeness (QED) is 0.875. The van der Waals surface area contributed by atoms with E-state index < -0.39 is 0 Å². The summed E-state index contributed by atoms with van der Waals surface area (Å²) in [5.41, 5.74) is 3.63. The Morgan fingerprint density at radius 3 is 2.76 bits per heavy atom. The lowest BCUT2D eigenvalue weighted by Crippen LogP contribution is -2.23. The number of hydrogen-bond acceptors (Lipinski definition) is 3. The summed E-state index contributed by atoms with van der Waals surface area (Å²) < 4.78 is 5.33. The Labute approximate surface area is 131 Å². The van der Waals surface area contributed by atoms with Crippen LogP contribution in [0.15, 0.2) is 36.7 Å². The number of methoxy groups -OCH3 is 1. The number of halogens is 1. The highest BCUT2D eigenvalue weighted by atomic mass is 35.5. The van der Waals surface area contributed by atoms with Crippen molar-refractivity contribution in [3.63, 3.8) is 0 Å². The van der Waals surface area contributed by atoms with E-state index in [1.54, 1.807) is 7.11 Å². The predicted molar refractivity (Wildman–Crippen MR) is 87.1 cm³/mol. The van der Waals surface area contributed by atoms with E-state index in [0.29, 0.717) is 10.8 Å². The molecule has 4 heteroatoms. The van der Waals surface area contributed by atoms with E-state index in [2.05, 4.69) is 30.2 Å². The fraction of sp³-hybridized carbons (Fsp3) is 0.353. The average molecular weight is 305 g/mol. The minimum atomic E-state index is 0.110. The van der Waals surface area contributed by atoms with Crippen molar-refractivity contribution in [2.45, 2.75) is 26.3 Å². The van der Waals surface area contributed by atoms with Gasteiger partial charge in [-0.2, -0.15) is 0 Å². The molecular weight excluding hydrogens is 284 g/mol. The van der Waals surface area contributed by atoms with E-state index in [1.165, 1.54) is 11.1 Å². The van der Waals surface area contributed by atoms with Crippen molar-refractivity contribution in [3.05, 3.63) is 58.4 Å². The van der Waals surface area contributed by atoms with Gasteiger partial charge in [-0.25, -0.2) is 0 Å². The van der Waals surface area contributed by atoms with E-state index in [9.17, 15) is 0 Å². The zero-order valence-corrected chi connectivity index (χ0v) is 13.4. The summed E-state index contributed by atoms with van der Waals surface area (Å²) in [6.45, 7) is 5.13. The van der Waals surface area contributed by atoms with Gasteiger partial charge >= 0.3 is 0 Å². The van der Waals surface area contributed by atoms with Gasteiger partial charge in [0.05, 0.1) is 18.2 Å². The molecule has 1 aromatic carbocycles. The molecule has 0 saturated carbocycles. The Morgan fingerprint density at radius 1 is 1.29 bits per heavy atom. The summed E-state index contributed by atoms with van der Waals surface area (Å²) in [6, 6.07) is 8.10. The number of nitrogens with one attached hydrogen (secondary N) is 1. The second kappa shape index (κ2) is 7.43. The minimum Gasteiger partial charge on any atom is -0.495 e. The highest BCUT2D eigenvalue weighted by Crippen LogP contribution is 2.31. The topological polar surface area (TPSA) is 34.1 Å². The molecule has 1 unspecified atom stereocenters. The third kappa shape index (κ3) is 3.55. The first-order valence-electron chi connectivity index (χ1n) is 7.20. The fourth-order valence-corrected chi connectivity index (χ4v) is 2.68. The Kier molecular flexibility index (Phi) is 5.59. The van der Waals surface area contributed by atoms with Crippen molar-refractivity contribution in [2.24, 2.45) is 0 Å². The highest BCUT2D eigenvalue weighted by Gasteiger charge is 2.17. The molecule has 3 nitrogen and oxygen atoms in total. The maximum Gasteiger partial charge on any atom is 0.137 e. The lowest BCUT2D eigenvalue weighted by molar-refractivity contribution is 0.414. The third-order valence-electron chi connectivity index (χ3n) is 3.55. The molecule has 1 N–H and O–H groups in total. The largest absolute Gasteiger partial charge is 0.495 e. The zero-order valence-electron chi connectivity index (χ0n) is 12.7. The van der Waals surface area contributed by atoms with E-state index in [1.807, 2.05) is 30.6 Å². The van der Waals surface area contributed by atoms with E-state index >= 15 is 0 Å². The van der Waals surface area contributed by atoms with Gasteiger partial charge in [0.1, 0.15) is 5.75 Å². The van der Waals surface area contributed by atoms with Crippen molar-refractivity contribution < 1.29 is 4.74 Å². The van der Waals surface area contributed by atoms with Gasteiger partial charge in [0.25, 0.3) is 0 Å². The first-order valence-corrected chi connectivity index (χ1v) is 7.58. The van der Waals surface area contributed by atoms with E-state index in [4.69, 9.17) is 16.3 Å². The molecule has 1 aromatic heterocycles. The van der Waals surface area contributed by atoms with Gasteiger partial charge in [0, 0.05) is 12.4 Å². The van der Waals surface area contributed by atoms with Crippen LogP contribution in [-0.4, -0.2) is 18.6 Å². The van der Waals surface area contributed by atoms with Crippen molar-refractivity contribution in [2.75, 3.05) is 13.7 Å². The van der Waals surface area contributed by atoms with Gasteiger partial charge in [0.2, 0.25) is 0 Å². The maximum atomic E-state index is 6.13. The van der Waals surface area contributed by atoms with Crippen molar-refractivity contribution in [1.29, 1.82) is 0 Å². The van der Waals surface area contributed by atoms with Crippen LogP contribution < -0.4 is 10.1 Å². The Bertz CT molecular complexity index is 601. The van der Waals surface area contributed by atoms with Gasteiger partial charge in [-0.3, -0.25) is 4.98 Å². The number of hydrogen-bond donors (Lipinski definition) is 1. The van der Waals surface area contributed by atoms with Gasteiger partial charge < -0.3 is 10.1 Å². The molecule has 0 aliphatic rings. The lowest BCUT2D eigenvalue weighted by Gasteiger charge is -2.22. The molecular formula is C17H21ClN2O. The van der Waals surface area contributed by atoms with Crippen molar-refractivity contribution >= 4 is 11.6 Å². The molecule has 21 heavy (non-hydrogen) atoms. The summed E-state index contributed by atoms with van der Waals surface area (Å²) in [6.07, 6.45) is 4.73. The molecule has 0 bridgehead atoms.